The standard InChI is InChI=1S/H2O4P2Si/c1-5-3-7-4-6-2/h7H2. The van der Waals surface area contributed by atoms with Crippen molar-refractivity contribution >= 4 is 27.4 Å². The number of rotatable bonds is 4. The van der Waals surface area contributed by atoms with Crippen molar-refractivity contribution in [3.05, 3.63) is 0 Å². The minimum Gasteiger partial charge on any atom is -0.314 e. The summed E-state index contributed by atoms with van der Waals surface area (Å²) < 4.78 is 27.2. The highest BCUT2D eigenvalue weighted by atomic mass is 31.1. The summed E-state index contributed by atoms with van der Waals surface area (Å²) in [7, 11) is -2.04. The van der Waals surface area contributed by atoms with Gasteiger partial charge in [-0.2, -0.15) is 0 Å². The fraction of sp³-hybridized carbons (Fsp3) is 0. The second-order valence-electron chi connectivity index (χ2n) is 0.525. The molecule has 0 aromatic heterocycles. The first-order valence-electron chi connectivity index (χ1n) is 1.31. The predicted octanol–water partition coefficient (Wildman–Crippen LogP) is 0.432. The van der Waals surface area contributed by atoms with Gasteiger partial charge in [0.2, 0.25) is 0 Å². The van der Waals surface area contributed by atoms with Crippen LogP contribution >= 0.6 is 17.4 Å². The topological polar surface area (TPSA) is 52.6 Å². The van der Waals surface area contributed by atoms with Crippen LogP contribution in [0.1, 0.15) is 0 Å². The minimum absolute atomic E-state index is 0.402. The molecule has 0 amide bonds. The molecule has 4 nitrogen and oxygen atoms in total. The quantitative estimate of drug-likeness (QED) is 0.336. The summed E-state index contributed by atoms with van der Waals surface area (Å²) in [4.78, 5) is 0. The molecule has 0 aromatic carbocycles. The number of hydrogen-bond donors (Lipinski definition) is 0. The van der Waals surface area contributed by atoms with Gasteiger partial charge in [0.25, 0.3) is 0 Å². The molecule has 7 heavy (non-hydrogen) atoms. The summed E-state index contributed by atoms with van der Waals surface area (Å²) in [6, 6.07) is 0. The van der Waals surface area contributed by atoms with Crippen molar-refractivity contribution in [3.8, 4) is 0 Å². The third-order valence-corrected chi connectivity index (χ3v) is 1.90. The molecule has 0 bridgehead atoms. The molecule has 0 radical (unpaired) electrons. The maximum atomic E-state index is 9.40. The molecule has 7 heteroatoms. The molecule has 0 heterocycles. The molecule has 0 atom stereocenters. The average molecular weight is 156 g/mol. The highest BCUT2D eigenvalue weighted by Gasteiger charge is 1.82. The van der Waals surface area contributed by atoms with E-state index in [0.29, 0.717) is 0 Å². The van der Waals surface area contributed by atoms with E-state index < -0.39 is 27.4 Å². The van der Waals surface area contributed by atoms with E-state index in [0.717, 1.165) is 0 Å². The van der Waals surface area contributed by atoms with Gasteiger partial charge in [0.15, 0.2) is 0 Å². The van der Waals surface area contributed by atoms with E-state index >= 15 is 0 Å². The van der Waals surface area contributed by atoms with Gasteiger partial charge in [-0.25, -0.2) is 9.13 Å². The lowest BCUT2D eigenvalue weighted by Crippen LogP contribution is -1.85. The normalized spacial score (nSPS) is 12.0. The molecule has 0 rings (SSSR count). The Bertz CT molecular complexity index is 54.7. The van der Waals surface area contributed by atoms with Gasteiger partial charge in [0.1, 0.15) is 0 Å². The third-order valence-electron chi connectivity index (χ3n) is 0.211. The van der Waals surface area contributed by atoms with E-state index in [4.69, 9.17) is 0 Å². The first-order valence-corrected chi connectivity index (χ1v) is 3.92. The van der Waals surface area contributed by atoms with Gasteiger partial charge in [-0.1, -0.05) is 0 Å². The van der Waals surface area contributed by atoms with Crippen molar-refractivity contribution in [1.29, 1.82) is 0 Å². The smallest absolute Gasteiger partial charge is 0.314 e. The Kier molecular flexibility index (Phi) is 6.64. The molecule has 0 aromatic rings. The Morgan fingerprint density at radius 1 is 1.14 bits per heavy atom. The molecular weight excluding hydrogens is 154 g/mol. The monoisotopic (exact) mass is 156 g/mol. The van der Waals surface area contributed by atoms with Crippen LogP contribution in [-0.4, -0.2) is 10.0 Å². The number of hydrogen-bond acceptors (Lipinski definition) is 4. The summed E-state index contributed by atoms with van der Waals surface area (Å²) in [6.07, 6.45) is 0. The molecule has 0 saturated heterocycles. The Balaban J connectivity index is 2.68. The van der Waals surface area contributed by atoms with E-state index in [-0.39, 0.29) is 0 Å². The lowest BCUT2D eigenvalue weighted by molar-refractivity contribution is 0.469. The maximum absolute atomic E-state index is 9.40. The van der Waals surface area contributed by atoms with Crippen molar-refractivity contribution < 1.29 is 17.6 Å². The second kappa shape index (κ2) is 6.34. The first-order chi connectivity index (χ1) is 3.41. The van der Waals surface area contributed by atoms with Gasteiger partial charge >= 0.3 is 27.4 Å². The van der Waals surface area contributed by atoms with E-state index in [1.165, 1.54) is 0 Å². The molecule has 0 fully saturated rings. The highest BCUT2D eigenvalue weighted by Crippen LogP contribution is 1.96. The predicted molar refractivity (Wildman–Crippen MR) is 25.9 cm³/mol. The van der Waals surface area contributed by atoms with Gasteiger partial charge in [0.05, 0.1) is 0 Å². The third kappa shape index (κ3) is 6.34. The summed E-state index contributed by atoms with van der Waals surface area (Å²) in [5, 5.41) is 0. The lowest BCUT2D eigenvalue weighted by atomic mass is 15.8. The molecule has 0 aliphatic heterocycles. The fourth-order valence-corrected chi connectivity index (χ4v) is 1.02. The summed E-state index contributed by atoms with van der Waals surface area (Å²) >= 11 is 0. The molecule has 0 N–H and O–H groups in total. The van der Waals surface area contributed by atoms with Crippen LogP contribution in [-0.2, 0) is 17.6 Å². The Morgan fingerprint density at radius 3 is 1.86 bits per heavy atom. The fourth-order valence-electron chi connectivity index (χ4n) is 0.0666. The SMILES string of the molecule is O=PO[SiH2]OP=O. The van der Waals surface area contributed by atoms with Gasteiger partial charge in [0, 0.05) is 0 Å². The zero-order valence-corrected chi connectivity index (χ0v) is 6.44. The van der Waals surface area contributed by atoms with Crippen LogP contribution in [0.25, 0.3) is 0 Å². The molecule has 0 aliphatic rings. The first kappa shape index (κ1) is 7.34. The molecule has 0 unspecified atom stereocenters. The van der Waals surface area contributed by atoms with Gasteiger partial charge < -0.3 is 8.43 Å². The van der Waals surface area contributed by atoms with Gasteiger partial charge in [-0.15, -0.1) is 0 Å². The van der Waals surface area contributed by atoms with Crippen LogP contribution < -0.4 is 0 Å². The Hall–Kier alpha value is 0.337. The van der Waals surface area contributed by atoms with Crippen molar-refractivity contribution in [2.24, 2.45) is 0 Å². The maximum Gasteiger partial charge on any atom is 0.331 e. The van der Waals surface area contributed by atoms with Crippen molar-refractivity contribution in [1.82, 2.24) is 0 Å². The van der Waals surface area contributed by atoms with Crippen LogP contribution in [0.3, 0.4) is 0 Å². The lowest BCUT2D eigenvalue weighted by Gasteiger charge is -1.80. The van der Waals surface area contributed by atoms with E-state index in [9.17, 15) is 9.13 Å². The van der Waals surface area contributed by atoms with E-state index in [1.54, 1.807) is 0 Å². The van der Waals surface area contributed by atoms with Gasteiger partial charge in [-0.05, 0) is 0 Å². The Morgan fingerprint density at radius 2 is 1.57 bits per heavy atom. The average Bonchev–Trinajstić information content (AvgIpc) is 1.69. The largest absolute Gasteiger partial charge is 0.331 e. The van der Waals surface area contributed by atoms with Gasteiger partial charge in [-0.3, -0.25) is 0 Å². The molecular formula is H2O4P2Si. The van der Waals surface area contributed by atoms with E-state index in [1.807, 2.05) is 0 Å². The van der Waals surface area contributed by atoms with E-state index in [2.05, 4.69) is 8.43 Å². The summed E-state index contributed by atoms with van der Waals surface area (Å²) in [5.74, 6) is 0. The zero-order chi connectivity index (χ0) is 5.54. The second-order valence-corrected chi connectivity index (χ2v) is 3.12. The van der Waals surface area contributed by atoms with Crippen molar-refractivity contribution in [2.75, 3.05) is 0 Å². The Labute approximate surface area is 45.8 Å². The van der Waals surface area contributed by atoms with Crippen LogP contribution in [0.2, 0.25) is 0 Å². The van der Waals surface area contributed by atoms with Crippen LogP contribution in [0.5, 0.6) is 0 Å². The van der Waals surface area contributed by atoms with Crippen LogP contribution in [0.15, 0.2) is 0 Å². The van der Waals surface area contributed by atoms with Crippen LogP contribution in [0, 0.1) is 0 Å². The summed E-state index contributed by atoms with van der Waals surface area (Å²) in [5.41, 5.74) is 0. The molecule has 0 spiro atoms. The van der Waals surface area contributed by atoms with Crippen molar-refractivity contribution in [2.45, 2.75) is 0 Å². The molecule has 0 saturated carbocycles. The van der Waals surface area contributed by atoms with Crippen LogP contribution in [0.4, 0.5) is 0 Å². The molecule has 40 valence electrons. The minimum atomic E-state index is -1.24. The highest BCUT2D eigenvalue weighted by molar-refractivity contribution is 7.21. The molecule has 0 aliphatic carbocycles. The van der Waals surface area contributed by atoms with Crippen molar-refractivity contribution in [3.63, 3.8) is 0 Å². The summed E-state index contributed by atoms with van der Waals surface area (Å²) in [6.45, 7) is 0. The zero-order valence-electron chi connectivity index (χ0n) is 3.23.